The van der Waals surface area contributed by atoms with Gasteiger partial charge in [-0.25, -0.2) is 0 Å². The predicted molar refractivity (Wildman–Crippen MR) is 49.5 cm³/mol. The lowest BCUT2D eigenvalue weighted by atomic mass is 10.6. The molecule has 0 aliphatic rings. The van der Waals surface area contributed by atoms with Crippen molar-refractivity contribution in [2.75, 3.05) is 25.5 Å². The number of carbonyl (C=O) groups is 1. The van der Waals surface area contributed by atoms with Crippen molar-refractivity contribution in [1.82, 2.24) is 15.5 Å². The summed E-state index contributed by atoms with van der Waals surface area (Å²) in [5.41, 5.74) is 5.01. The van der Waals surface area contributed by atoms with Gasteiger partial charge in [0.25, 0.3) is 0 Å². The molecule has 7 nitrogen and oxygen atoms in total. The lowest BCUT2D eigenvalue weighted by Gasteiger charge is -2.09. The predicted octanol–water partition coefficient (Wildman–Crippen LogP) is -1.29. The molecule has 0 aliphatic carbocycles. The Balaban J connectivity index is 2.61. The minimum absolute atomic E-state index is 0.0567. The third-order valence-corrected chi connectivity index (χ3v) is 1.50. The maximum Gasteiger partial charge on any atom is 0.318 e. The Kier molecular flexibility index (Phi) is 3.41. The number of nitrogens with two attached hydrogens (primary N) is 1. The van der Waals surface area contributed by atoms with Crippen LogP contribution in [0.25, 0.3) is 0 Å². The number of rotatable bonds is 5. The standard InChI is InChI=1S/C7H13N5O2/c1-9-3-6-10-11-7(14-6)12(2)4-5(8)13/h9H,3-4H2,1-2H3,(H2,8,13). The fourth-order valence-electron chi connectivity index (χ4n) is 0.923. The van der Waals surface area contributed by atoms with Gasteiger partial charge in [-0.15, -0.1) is 5.10 Å². The highest BCUT2D eigenvalue weighted by Gasteiger charge is 2.11. The van der Waals surface area contributed by atoms with Gasteiger partial charge in [0.15, 0.2) is 0 Å². The molecule has 0 spiro atoms. The number of likely N-dealkylation sites (N-methyl/N-ethyl adjacent to an activating group) is 1. The molecule has 0 saturated carbocycles. The third kappa shape index (κ3) is 2.70. The van der Waals surface area contributed by atoms with Crippen LogP contribution in [0.5, 0.6) is 0 Å². The van der Waals surface area contributed by atoms with E-state index in [-0.39, 0.29) is 12.6 Å². The Morgan fingerprint density at radius 2 is 2.36 bits per heavy atom. The summed E-state index contributed by atoms with van der Waals surface area (Å²) < 4.78 is 5.22. The summed E-state index contributed by atoms with van der Waals surface area (Å²) in [5, 5.41) is 10.4. The molecule has 0 saturated heterocycles. The summed E-state index contributed by atoms with van der Waals surface area (Å²) >= 11 is 0. The smallest absolute Gasteiger partial charge is 0.318 e. The van der Waals surface area contributed by atoms with Crippen LogP contribution >= 0.6 is 0 Å². The molecular weight excluding hydrogens is 186 g/mol. The number of hydrogen-bond acceptors (Lipinski definition) is 6. The fraction of sp³-hybridized carbons (Fsp3) is 0.571. The van der Waals surface area contributed by atoms with Crippen LogP contribution < -0.4 is 16.0 Å². The molecule has 0 fully saturated rings. The van der Waals surface area contributed by atoms with Crippen molar-refractivity contribution >= 4 is 11.9 Å². The van der Waals surface area contributed by atoms with Crippen LogP contribution in [0.3, 0.4) is 0 Å². The van der Waals surface area contributed by atoms with Crippen LogP contribution in [0.15, 0.2) is 4.42 Å². The second-order valence-corrected chi connectivity index (χ2v) is 2.83. The van der Waals surface area contributed by atoms with E-state index >= 15 is 0 Å². The van der Waals surface area contributed by atoms with E-state index in [4.69, 9.17) is 10.2 Å². The molecule has 14 heavy (non-hydrogen) atoms. The van der Waals surface area contributed by atoms with Gasteiger partial charge in [0.1, 0.15) is 6.54 Å². The average molecular weight is 199 g/mol. The van der Waals surface area contributed by atoms with Crippen molar-refractivity contribution in [3.8, 4) is 0 Å². The van der Waals surface area contributed by atoms with E-state index in [0.717, 1.165) is 0 Å². The van der Waals surface area contributed by atoms with E-state index in [2.05, 4.69) is 15.5 Å². The molecule has 0 atom stereocenters. The molecule has 1 amide bonds. The highest BCUT2D eigenvalue weighted by Crippen LogP contribution is 2.09. The Labute approximate surface area is 81.3 Å². The minimum Gasteiger partial charge on any atom is -0.407 e. The zero-order valence-corrected chi connectivity index (χ0v) is 8.15. The van der Waals surface area contributed by atoms with E-state index in [1.807, 2.05) is 0 Å². The van der Waals surface area contributed by atoms with Gasteiger partial charge in [0.05, 0.1) is 6.54 Å². The monoisotopic (exact) mass is 199 g/mol. The quantitative estimate of drug-likeness (QED) is 0.612. The first-order valence-corrected chi connectivity index (χ1v) is 4.10. The van der Waals surface area contributed by atoms with E-state index < -0.39 is 5.91 Å². The lowest BCUT2D eigenvalue weighted by Crippen LogP contribution is -2.30. The molecule has 1 heterocycles. The zero-order valence-electron chi connectivity index (χ0n) is 8.15. The first-order chi connectivity index (χ1) is 6.63. The molecule has 0 bridgehead atoms. The first-order valence-electron chi connectivity index (χ1n) is 4.10. The Hall–Kier alpha value is -1.63. The third-order valence-electron chi connectivity index (χ3n) is 1.50. The Morgan fingerprint density at radius 3 is 2.93 bits per heavy atom. The topological polar surface area (TPSA) is 97.3 Å². The van der Waals surface area contributed by atoms with Crippen LogP contribution in [0.1, 0.15) is 5.89 Å². The summed E-state index contributed by atoms with van der Waals surface area (Å²) in [6.45, 7) is 0.554. The maximum atomic E-state index is 10.6. The molecule has 78 valence electrons. The van der Waals surface area contributed by atoms with Crippen LogP contribution in [0.4, 0.5) is 6.01 Å². The van der Waals surface area contributed by atoms with Crippen LogP contribution in [-0.2, 0) is 11.3 Å². The summed E-state index contributed by atoms with van der Waals surface area (Å²) in [7, 11) is 3.43. The van der Waals surface area contributed by atoms with Gasteiger partial charge in [-0.2, -0.15) is 0 Å². The molecule has 1 aromatic rings. The molecule has 7 heteroatoms. The largest absolute Gasteiger partial charge is 0.407 e. The number of primary amides is 1. The number of hydrogen-bond donors (Lipinski definition) is 2. The number of aromatic nitrogens is 2. The second kappa shape index (κ2) is 4.56. The minimum atomic E-state index is -0.444. The van der Waals surface area contributed by atoms with Crippen molar-refractivity contribution in [3.63, 3.8) is 0 Å². The highest BCUT2D eigenvalue weighted by molar-refractivity contribution is 5.78. The molecule has 1 rings (SSSR count). The molecule has 1 aromatic heterocycles. The van der Waals surface area contributed by atoms with Crippen LogP contribution in [0.2, 0.25) is 0 Å². The van der Waals surface area contributed by atoms with Crippen molar-refractivity contribution < 1.29 is 9.21 Å². The van der Waals surface area contributed by atoms with Crippen LogP contribution in [-0.4, -0.2) is 36.7 Å². The van der Waals surface area contributed by atoms with Gasteiger partial charge in [-0.05, 0) is 7.05 Å². The number of amides is 1. The molecule has 0 radical (unpaired) electrons. The lowest BCUT2D eigenvalue weighted by molar-refractivity contribution is -0.116. The van der Waals surface area contributed by atoms with E-state index in [9.17, 15) is 4.79 Å². The number of carbonyl (C=O) groups excluding carboxylic acids is 1. The summed E-state index contributed by atoms with van der Waals surface area (Å²) in [6, 6.07) is 0.286. The number of anilines is 1. The van der Waals surface area contributed by atoms with Crippen molar-refractivity contribution in [2.45, 2.75) is 6.54 Å². The normalized spacial score (nSPS) is 10.1. The van der Waals surface area contributed by atoms with E-state index in [1.165, 1.54) is 4.90 Å². The second-order valence-electron chi connectivity index (χ2n) is 2.83. The SMILES string of the molecule is CNCc1nnc(N(C)CC(N)=O)o1. The zero-order chi connectivity index (χ0) is 10.6. The molecule has 0 unspecified atom stereocenters. The van der Waals surface area contributed by atoms with Crippen LogP contribution in [0, 0.1) is 0 Å². The van der Waals surface area contributed by atoms with E-state index in [1.54, 1.807) is 14.1 Å². The van der Waals surface area contributed by atoms with Gasteiger partial charge in [-0.3, -0.25) is 4.79 Å². The first kappa shape index (κ1) is 10.5. The summed E-state index contributed by atoms with van der Waals surface area (Å²) in [5.74, 6) is 0.0275. The van der Waals surface area contributed by atoms with Crippen molar-refractivity contribution in [3.05, 3.63) is 5.89 Å². The van der Waals surface area contributed by atoms with Gasteiger partial charge in [0, 0.05) is 7.05 Å². The number of nitrogens with zero attached hydrogens (tertiary/aromatic N) is 3. The van der Waals surface area contributed by atoms with Crippen molar-refractivity contribution in [2.24, 2.45) is 5.73 Å². The Morgan fingerprint density at radius 1 is 1.64 bits per heavy atom. The maximum absolute atomic E-state index is 10.6. The van der Waals surface area contributed by atoms with Gasteiger partial charge >= 0.3 is 6.01 Å². The van der Waals surface area contributed by atoms with Gasteiger partial charge < -0.3 is 20.4 Å². The Bertz CT molecular complexity index is 311. The van der Waals surface area contributed by atoms with Gasteiger partial charge in [0.2, 0.25) is 11.8 Å². The fourth-order valence-corrected chi connectivity index (χ4v) is 0.923. The van der Waals surface area contributed by atoms with E-state index in [0.29, 0.717) is 12.4 Å². The van der Waals surface area contributed by atoms with Crippen molar-refractivity contribution in [1.29, 1.82) is 0 Å². The summed E-state index contributed by atoms with van der Waals surface area (Å²) in [4.78, 5) is 12.1. The van der Waals surface area contributed by atoms with Gasteiger partial charge in [-0.1, -0.05) is 5.10 Å². The number of nitrogens with one attached hydrogen (secondary N) is 1. The highest BCUT2D eigenvalue weighted by atomic mass is 16.4. The molecular formula is C7H13N5O2. The molecule has 3 N–H and O–H groups in total. The molecule has 0 aliphatic heterocycles. The molecule has 0 aromatic carbocycles. The average Bonchev–Trinajstić information content (AvgIpc) is 2.52. The summed E-state index contributed by atoms with van der Waals surface area (Å²) in [6.07, 6.45) is 0.